The van der Waals surface area contributed by atoms with E-state index < -0.39 is 36.4 Å². The van der Waals surface area contributed by atoms with Gasteiger partial charge in [0, 0.05) is 29.7 Å². The van der Waals surface area contributed by atoms with Gasteiger partial charge < -0.3 is 11.1 Å². The first-order valence-corrected chi connectivity index (χ1v) is 9.50. The first kappa shape index (κ1) is 23.7. The Kier molecular flexibility index (Phi) is 7.77. The summed E-state index contributed by atoms with van der Waals surface area (Å²) in [5.41, 5.74) is 5.94. The van der Waals surface area contributed by atoms with E-state index in [9.17, 15) is 26.3 Å². The van der Waals surface area contributed by atoms with Gasteiger partial charge in [-0.05, 0) is 24.1 Å². The smallest absolute Gasteiger partial charge is 0.380 e. The molecule has 0 bridgehead atoms. The van der Waals surface area contributed by atoms with Gasteiger partial charge in [-0.3, -0.25) is 5.84 Å². The topological polar surface area (TPSA) is 67.3 Å². The van der Waals surface area contributed by atoms with Crippen LogP contribution in [0.5, 0.6) is 0 Å². The fourth-order valence-electron chi connectivity index (χ4n) is 2.94. The number of nitrogens with one attached hydrogen (secondary N) is 1. The molecular weight excluding hydrogens is 466 g/mol. The van der Waals surface area contributed by atoms with Gasteiger partial charge in [0.2, 0.25) is 0 Å². The molecule has 0 fully saturated rings. The Bertz CT molecular complexity index is 759. The molecule has 4 nitrogen and oxygen atoms in total. The molecule has 0 aliphatic heterocycles. The molecule has 1 aliphatic carbocycles. The number of hydrazine groups is 1. The minimum absolute atomic E-state index is 0.00971. The zero-order chi connectivity index (χ0) is 21.8. The molecule has 0 saturated heterocycles. The molecule has 1 aromatic rings. The van der Waals surface area contributed by atoms with Gasteiger partial charge in [0.15, 0.2) is 0 Å². The minimum Gasteiger partial charge on any atom is -0.380 e. The predicted molar refractivity (Wildman–Crippen MR) is 101 cm³/mol. The van der Waals surface area contributed by atoms with E-state index in [1.807, 2.05) is 0 Å². The number of hydrogen-bond acceptors (Lipinski definition) is 4. The lowest BCUT2D eigenvalue weighted by molar-refractivity contribution is -0.138. The van der Waals surface area contributed by atoms with Gasteiger partial charge in [0.25, 0.3) is 0 Å². The van der Waals surface area contributed by atoms with Crippen LogP contribution in [0.4, 0.5) is 26.3 Å². The molecule has 0 spiro atoms. The summed E-state index contributed by atoms with van der Waals surface area (Å²) >= 11 is 3.32. The molecule has 1 aromatic carbocycles. The second-order valence-corrected chi connectivity index (χ2v) is 7.46. The monoisotopic (exact) mass is 486 g/mol. The number of rotatable bonds is 7. The summed E-state index contributed by atoms with van der Waals surface area (Å²) in [6.07, 6.45) is -6.63. The van der Waals surface area contributed by atoms with Crippen LogP contribution in [-0.4, -0.2) is 29.8 Å². The summed E-state index contributed by atoms with van der Waals surface area (Å²) < 4.78 is 76.6. The third-order valence-electron chi connectivity index (χ3n) is 4.43. The number of allylic oxidation sites excluding steroid dienone is 1. The van der Waals surface area contributed by atoms with Gasteiger partial charge in [0.1, 0.15) is 0 Å². The maximum absolute atomic E-state index is 13.1. The Balaban J connectivity index is 2.01. The van der Waals surface area contributed by atoms with Gasteiger partial charge in [0.05, 0.1) is 17.6 Å². The van der Waals surface area contributed by atoms with Gasteiger partial charge in [-0.1, -0.05) is 40.2 Å². The van der Waals surface area contributed by atoms with E-state index in [0.29, 0.717) is 10.2 Å². The molecule has 0 saturated carbocycles. The summed E-state index contributed by atoms with van der Waals surface area (Å²) in [6, 6.07) is 3.98. The lowest BCUT2D eigenvalue weighted by atomic mass is 10.0. The van der Waals surface area contributed by atoms with Gasteiger partial charge in [-0.15, -0.1) is 0 Å². The van der Waals surface area contributed by atoms with Crippen molar-refractivity contribution >= 4 is 15.9 Å². The molecule has 1 aliphatic rings. The number of halogens is 7. The van der Waals surface area contributed by atoms with Crippen LogP contribution in [0.25, 0.3) is 0 Å². The Morgan fingerprint density at radius 2 is 1.76 bits per heavy atom. The van der Waals surface area contributed by atoms with Crippen molar-refractivity contribution in [3.8, 4) is 0 Å². The van der Waals surface area contributed by atoms with E-state index in [-0.39, 0.29) is 25.1 Å². The maximum Gasteiger partial charge on any atom is 0.416 e. The zero-order valence-electron chi connectivity index (χ0n) is 15.2. The van der Waals surface area contributed by atoms with Crippen LogP contribution in [-0.2, 0) is 12.7 Å². The summed E-state index contributed by atoms with van der Waals surface area (Å²) in [5.74, 6) is 5.85. The lowest BCUT2D eigenvalue weighted by Crippen LogP contribution is -2.52. The third kappa shape index (κ3) is 6.73. The molecular formula is C18H21BrF6N4. The normalized spacial score (nSPS) is 20.5. The largest absolute Gasteiger partial charge is 0.416 e. The van der Waals surface area contributed by atoms with Crippen LogP contribution >= 0.6 is 15.9 Å². The first-order valence-electron chi connectivity index (χ1n) is 8.70. The standard InChI is InChI=1S/C18H21BrF6N4/c19-15-13(28-10-11-4-1-2-5-12(11)18(23,24)25)6-7-14(16(15)26)29(27)9-3-8-17(20,21)22/h1-2,4-7,14,16,28H,3,8-10,26-27H2. The Morgan fingerprint density at radius 3 is 2.38 bits per heavy atom. The number of nitrogens with two attached hydrogens (primary N) is 2. The minimum atomic E-state index is -4.47. The number of alkyl halides is 6. The summed E-state index contributed by atoms with van der Waals surface area (Å²) in [5, 5.41) is 4.14. The Labute approximate surface area is 172 Å². The average Bonchev–Trinajstić information content (AvgIpc) is 2.61. The second-order valence-electron chi connectivity index (χ2n) is 6.60. The van der Waals surface area contributed by atoms with Crippen molar-refractivity contribution in [1.29, 1.82) is 0 Å². The summed E-state index contributed by atoms with van der Waals surface area (Å²) in [7, 11) is 0. The van der Waals surface area contributed by atoms with Crippen LogP contribution < -0.4 is 16.9 Å². The van der Waals surface area contributed by atoms with Crippen molar-refractivity contribution < 1.29 is 26.3 Å². The Morgan fingerprint density at radius 1 is 1.10 bits per heavy atom. The highest BCUT2D eigenvalue weighted by molar-refractivity contribution is 9.11. The molecule has 0 heterocycles. The van der Waals surface area contributed by atoms with E-state index in [2.05, 4.69) is 21.2 Å². The SMILES string of the molecule is NC1C(Br)=C(NCc2ccccc2C(F)(F)F)C=CC1N(N)CCCC(F)(F)F. The lowest BCUT2D eigenvalue weighted by Gasteiger charge is -2.33. The highest BCUT2D eigenvalue weighted by atomic mass is 79.9. The van der Waals surface area contributed by atoms with E-state index in [4.69, 9.17) is 11.6 Å². The first-order chi connectivity index (χ1) is 13.4. The third-order valence-corrected chi connectivity index (χ3v) is 5.39. The van der Waals surface area contributed by atoms with Crippen molar-refractivity contribution in [1.82, 2.24) is 10.3 Å². The van der Waals surface area contributed by atoms with E-state index in [1.54, 1.807) is 12.2 Å². The molecule has 2 rings (SSSR count). The van der Waals surface area contributed by atoms with Crippen LogP contribution in [0.3, 0.4) is 0 Å². The van der Waals surface area contributed by atoms with Gasteiger partial charge in [-0.25, -0.2) is 5.01 Å². The molecule has 11 heteroatoms. The maximum atomic E-state index is 13.1. The highest BCUT2D eigenvalue weighted by Gasteiger charge is 2.33. The number of hydrogen-bond donors (Lipinski definition) is 3. The molecule has 2 unspecified atom stereocenters. The van der Waals surface area contributed by atoms with E-state index in [0.717, 1.165) is 6.07 Å². The fraction of sp³-hybridized carbons (Fsp3) is 0.444. The van der Waals surface area contributed by atoms with Gasteiger partial charge in [-0.2, -0.15) is 26.3 Å². The molecule has 2 atom stereocenters. The van der Waals surface area contributed by atoms with E-state index >= 15 is 0 Å². The number of nitrogens with zero attached hydrogens (tertiary/aromatic N) is 1. The Hall–Kier alpha value is -1.56. The molecule has 162 valence electrons. The zero-order valence-corrected chi connectivity index (χ0v) is 16.8. The van der Waals surface area contributed by atoms with Crippen molar-refractivity contribution in [2.24, 2.45) is 11.6 Å². The summed E-state index contributed by atoms with van der Waals surface area (Å²) in [6.45, 7) is -0.0933. The van der Waals surface area contributed by atoms with Crippen molar-refractivity contribution in [2.45, 2.75) is 43.8 Å². The van der Waals surface area contributed by atoms with Gasteiger partial charge >= 0.3 is 12.4 Å². The van der Waals surface area contributed by atoms with E-state index in [1.165, 1.54) is 23.2 Å². The average molecular weight is 487 g/mol. The molecule has 0 aromatic heterocycles. The van der Waals surface area contributed by atoms with Crippen LogP contribution in [0.15, 0.2) is 46.6 Å². The molecule has 5 N–H and O–H groups in total. The van der Waals surface area contributed by atoms with Crippen molar-refractivity contribution in [3.63, 3.8) is 0 Å². The van der Waals surface area contributed by atoms with Crippen LogP contribution in [0.1, 0.15) is 24.0 Å². The quantitative estimate of drug-likeness (QED) is 0.307. The predicted octanol–water partition coefficient (Wildman–Crippen LogP) is 4.19. The van der Waals surface area contributed by atoms with Crippen LogP contribution in [0, 0.1) is 0 Å². The van der Waals surface area contributed by atoms with Crippen molar-refractivity contribution in [2.75, 3.05) is 6.54 Å². The highest BCUT2D eigenvalue weighted by Crippen LogP contribution is 2.32. The van der Waals surface area contributed by atoms with Crippen molar-refractivity contribution in [3.05, 3.63) is 57.7 Å². The molecule has 0 radical (unpaired) electrons. The second kappa shape index (κ2) is 9.50. The number of benzene rings is 1. The fourth-order valence-corrected chi connectivity index (χ4v) is 3.48. The molecule has 0 amide bonds. The van der Waals surface area contributed by atoms with Crippen LogP contribution in [0.2, 0.25) is 0 Å². The molecule has 29 heavy (non-hydrogen) atoms. The summed E-state index contributed by atoms with van der Waals surface area (Å²) in [4.78, 5) is 0.